The Kier molecular flexibility index (Phi) is 7.83. The Bertz CT molecular complexity index is 4390. The molecule has 0 N–H and O–H groups in total. The Hall–Kier alpha value is -7.33. The number of fused-ring (bicyclic) bond motifs is 10. The molecule has 8 aromatic carbocycles. The predicted molar refractivity (Wildman–Crippen MR) is 275 cm³/mol. The fraction of sp³-hybridized carbons (Fsp3) is 0.115. The van der Waals surface area contributed by atoms with Crippen LogP contribution >= 0.6 is 0 Å². The summed E-state index contributed by atoms with van der Waals surface area (Å²) in [5.74, 6) is -0.0927. The van der Waals surface area contributed by atoms with E-state index in [4.69, 9.17) is 20.7 Å². The number of aryl methyl sites for hydroxylation is 3. The Morgan fingerprint density at radius 3 is 2.18 bits per heavy atom. The smallest absolute Gasteiger partial charge is 0.135 e. The van der Waals surface area contributed by atoms with Crippen molar-refractivity contribution in [2.24, 2.45) is 0 Å². The van der Waals surface area contributed by atoms with Gasteiger partial charge in [-0.25, -0.2) is 4.98 Å². The zero-order chi connectivity index (χ0) is 53.4. The molecular weight excluding hydrogens is 1000 g/mol. The summed E-state index contributed by atoms with van der Waals surface area (Å²) in [5, 5.41) is 6.73. The maximum Gasteiger partial charge on any atom is 0.135 e. The minimum atomic E-state index is -2.62. The number of hydrogen-bond acceptors (Lipinski definition) is 3. The maximum absolute atomic E-state index is 9.39. The van der Waals surface area contributed by atoms with Crippen LogP contribution in [0, 0.1) is 39.5 Å². The van der Waals surface area contributed by atoms with Crippen LogP contribution in [-0.2, 0) is 26.5 Å². The molecule has 330 valence electrons. The number of hydrogen-bond donors (Lipinski definition) is 0. The van der Waals surface area contributed by atoms with Gasteiger partial charge < -0.3 is 18.8 Å². The summed E-state index contributed by atoms with van der Waals surface area (Å²) in [6, 6.07) is 43.2. The molecule has 4 heterocycles. The first kappa shape index (κ1) is 32.4. The van der Waals surface area contributed by atoms with Crippen molar-refractivity contribution in [3.8, 4) is 28.4 Å². The van der Waals surface area contributed by atoms with Gasteiger partial charge in [0.1, 0.15) is 5.82 Å². The summed E-state index contributed by atoms with van der Waals surface area (Å²) in [6.45, 7) is 9.73. The molecule has 67 heavy (non-hydrogen) atoms. The molecule has 0 aliphatic carbocycles. The number of nitrogens with zero attached hydrogens (tertiary/aromatic N) is 4. The monoisotopic (exact) mass is 1060 g/mol. The van der Waals surface area contributed by atoms with Gasteiger partial charge in [0.2, 0.25) is 0 Å². The molecule has 6 heteroatoms. The Labute approximate surface area is 419 Å². The van der Waals surface area contributed by atoms with Crippen molar-refractivity contribution in [3.63, 3.8) is 0 Å². The fourth-order valence-corrected chi connectivity index (χ4v) is 9.50. The third-order valence-electron chi connectivity index (χ3n) is 12.7. The first-order valence-corrected chi connectivity index (χ1v) is 21.9. The van der Waals surface area contributed by atoms with Crippen LogP contribution in [0.15, 0.2) is 170 Å². The van der Waals surface area contributed by atoms with Crippen molar-refractivity contribution in [1.29, 1.82) is 0 Å². The van der Waals surface area contributed by atoms with E-state index in [1.807, 2.05) is 60.1 Å². The van der Waals surface area contributed by atoms with Gasteiger partial charge in [-0.3, -0.25) is 0 Å². The van der Waals surface area contributed by atoms with Crippen LogP contribution in [-0.4, -0.2) is 14.1 Å². The number of anilines is 2. The standard InChI is InChI=1S/C61H47N4O.Pt/c1-38-24-30-48-46-17-7-8-18-47(46)51-21-13-23-56-60(51)64(59-39(2)14-11-20-52(59)53(48)32-38)37-63(56)43-15-12-16-44(34-43)66-45-29-31-50-49-19-9-10-22-55(49)65(57(50)35-45)58-33-40(3)54(36-62-58)41-25-27-42(28-26-41)61(4,5)6;/h7-33,36-37H,1-6H3;/q-3;/i3D3,9D,10D,12D,15D,16D,19D,22D;. The van der Waals surface area contributed by atoms with Crippen LogP contribution in [0.1, 0.15) is 56.7 Å². The summed E-state index contributed by atoms with van der Waals surface area (Å²) in [5.41, 5.74) is 6.97. The molecule has 0 fully saturated rings. The van der Waals surface area contributed by atoms with E-state index in [9.17, 15) is 2.74 Å². The fourth-order valence-electron chi connectivity index (χ4n) is 9.50. The van der Waals surface area contributed by atoms with E-state index in [2.05, 4.69) is 106 Å². The van der Waals surface area contributed by atoms with Crippen LogP contribution in [0.5, 0.6) is 11.5 Å². The van der Waals surface area contributed by atoms with Gasteiger partial charge in [-0.05, 0) is 114 Å². The molecule has 3 aromatic heterocycles. The molecule has 0 saturated carbocycles. The van der Waals surface area contributed by atoms with Gasteiger partial charge in [-0.2, -0.15) is 12.1 Å². The molecule has 1 aliphatic heterocycles. The van der Waals surface area contributed by atoms with Gasteiger partial charge in [-0.15, -0.1) is 35.7 Å². The molecule has 1 aliphatic rings. The summed E-state index contributed by atoms with van der Waals surface area (Å²) < 4.78 is 99.4. The number of aromatic nitrogens is 3. The predicted octanol–water partition coefficient (Wildman–Crippen LogP) is 16.1. The number of ether oxygens (including phenoxy) is 1. The average Bonchev–Trinajstić information content (AvgIpc) is 4.01. The summed E-state index contributed by atoms with van der Waals surface area (Å²) in [7, 11) is 0. The number of rotatable bonds is 5. The normalized spacial score (nSPS) is 14.6. The van der Waals surface area contributed by atoms with Crippen molar-refractivity contribution in [1.82, 2.24) is 14.1 Å². The van der Waals surface area contributed by atoms with Crippen molar-refractivity contribution in [2.75, 3.05) is 4.90 Å². The summed E-state index contributed by atoms with van der Waals surface area (Å²) in [4.78, 5) is 6.59. The molecular formula is C61H47N4OPt-3. The van der Waals surface area contributed by atoms with E-state index in [-0.39, 0.29) is 89.6 Å². The molecule has 0 unspecified atom stereocenters. The molecule has 11 aromatic rings. The molecule has 0 amide bonds. The van der Waals surface area contributed by atoms with E-state index in [0.29, 0.717) is 22.2 Å². The molecule has 0 radical (unpaired) electrons. The molecule has 0 bridgehead atoms. The van der Waals surface area contributed by atoms with Crippen molar-refractivity contribution >= 4 is 76.5 Å². The zero-order valence-corrected chi connectivity index (χ0v) is 39.5. The van der Waals surface area contributed by atoms with E-state index in [0.717, 1.165) is 60.0 Å². The first-order chi connectivity index (χ1) is 36.2. The zero-order valence-electron chi connectivity index (χ0n) is 47.2. The van der Waals surface area contributed by atoms with Crippen LogP contribution in [0.3, 0.4) is 0 Å². The SMILES string of the molecule is [2H]c1c(Oc2[c-]c3c(cc2)c2c([2H])c([2H])c([2H])c([2H])c2n3-c2cc(C([2H])([2H])[2H])c(-c3ccc(C(C)(C)C)cc3)cn2)[c-]c(N2[CH-]n3c4c(C)cccc4c4cc(C)ccc4c4ccccc4c4cccc2c43)c([2H])c1[2H].[Pt]. The van der Waals surface area contributed by atoms with Crippen molar-refractivity contribution in [2.45, 2.75) is 46.9 Å². The van der Waals surface area contributed by atoms with Gasteiger partial charge in [0.15, 0.2) is 0 Å². The van der Waals surface area contributed by atoms with E-state index >= 15 is 0 Å². The van der Waals surface area contributed by atoms with Crippen molar-refractivity contribution in [3.05, 3.63) is 211 Å². The molecule has 0 saturated heterocycles. The third kappa shape index (κ3) is 7.03. The summed E-state index contributed by atoms with van der Waals surface area (Å²) in [6.07, 6.45) is 1.47. The van der Waals surface area contributed by atoms with Crippen LogP contribution < -0.4 is 9.64 Å². The second kappa shape index (κ2) is 16.2. The van der Waals surface area contributed by atoms with Crippen molar-refractivity contribution < 1.29 is 39.5 Å². The molecule has 12 rings (SSSR count). The molecule has 0 atom stereocenters. The van der Waals surface area contributed by atoms with Gasteiger partial charge >= 0.3 is 0 Å². The largest absolute Gasteiger partial charge is 0.509 e. The number of para-hydroxylation sites is 3. The summed E-state index contributed by atoms with van der Waals surface area (Å²) >= 11 is 0. The van der Waals surface area contributed by atoms with Gasteiger partial charge in [0.05, 0.1) is 5.48 Å². The second-order valence-corrected chi connectivity index (χ2v) is 17.9. The third-order valence-corrected chi connectivity index (χ3v) is 12.7. The van der Waals surface area contributed by atoms with E-state index in [1.54, 1.807) is 12.1 Å². The Morgan fingerprint density at radius 1 is 0.642 bits per heavy atom. The van der Waals surface area contributed by atoms with Crippen LogP contribution in [0.4, 0.5) is 11.4 Å². The Balaban J connectivity index is 0.00000631. The average molecular weight is 1060 g/mol. The maximum atomic E-state index is 9.39. The van der Waals surface area contributed by atoms with Gasteiger partial charge in [-0.1, -0.05) is 164 Å². The van der Waals surface area contributed by atoms with Gasteiger partial charge in [0, 0.05) is 61.0 Å². The topological polar surface area (TPSA) is 35.2 Å². The van der Waals surface area contributed by atoms with E-state index in [1.165, 1.54) is 16.8 Å². The number of pyridine rings is 1. The molecule has 5 nitrogen and oxygen atoms in total. The quantitative estimate of drug-likeness (QED) is 0.161. The van der Waals surface area contributed by atoms with Crippen LogP contribution in [0.2, 0.25) is 0 Å². The minimum Gasteiger partial charge on any atom is -0.509 e. The molecule has 0 spiro atoms. The second-order valence-electron chi connectivity index (χ2n) is 17.9. The minimum absolute atomic E-state index is 0. The van der Waals surface area contributed by atoms with Gasteiger partial charge in [0.25, 0.3) is 0 Å². The first-order valence-electron chi connectivity index (χ1n) is 26.9. The van der Waals surface area contributed by atoms with E-state index < -0.39 is 31.0 Å². The van der Waals surface area contributed by atoms with Crippen LogP contribution in [0.25, 0.3) is 82.1 Å². The Morgan fingerprint density at radius 2 is 1.37 bits per heavy atom. The number of benzene rings is 8.